The van der Waals surface area contributed by atoms with Gasteiger partial charge in [-0.2, -0.15) is 0 Å². The molecule has 0 amide bonds. The molecule has 0 N–H and O–H groups in total. The van der Waals surface area contributed by atoms with Crippen LogP contribution in [0.25, 0.3) is 4.98 Å². The lowest BCUT2D eigenvalue weighted by molar-refractivity contribution is 0.368. The zero-order chi connectivity index (χ0) is 12.8. The van der Waals surface area contributed by atoms with Gasteiger partial charge in [0.2, 0.25) is 5.39 Å². The smallest absolute Gasteiger partial charge is 0.418 e. The average molecular weight is 299 g/mol. The van der Waals surface area contributed by atoms with Gasteiger partial charge in [-0.15, -0.1) is 0 Å². The molecule has 0 aliphatic rings. The number of hydrogen-bond acceptors (Lipinski definition) is 1. The summed E-state index contributed by atoms with van der Waals surface area (Å²) in [6.45, 7) is 2.05. The maximum Gasteiger partial charge on any atom is 0.673 e. The van der Waals surface area contributed by atoms with Crippen molar-refractivity contribution in [1.82, 2.24) is 0 Å². The van der Waals surface area contributed by atoms with E-state index in [-0.39, 0.29) is 0 Å². The van der Waals surface area contributed by atoms with Crippen molar-refractivity contribution < 1.29 is 17.3 Å². The van der Waals surface area contributed by atoms with Crippen LogP contribution in [-0.4, -0.2) is 7.25 Å². The van der Waals surface area contributed by atoms with Crippen molar-refractivity contribution in [2.24, 2.45) is 0 Å². The van der Waals surface area contributed by atoms with Gasteiger partial charge < -0.3 is 17.3 Å². The molecule has 2 nitrogen and oxygen atoms in total. The summed E-state index contributed by atoms with van der Waals surface area (Å²) in [6.07, 6.45) is 0. The Kier molecular flexibility index (Phi) is 6.04. The molecule has 1 aromatic carbocycles. The SMILES string of the molecule is CC(Br)c1ccc([N+]#N)cc1.F[B-](F)(F)F. The summed E-state index contributed by atoms with van der Waals surface area (Å²) in [5.74, 6) is 0. The summed E-state index contributed by atoms with van der Waals surface area (Å²) >= 11 is 3.44. The zero-order valence-corrected chi connectivity index (χ0v) is 9.83. The third-order valence-electron chi connectivity index (χ3n) is 1.47. The highest BCUT2D eigenvalue weighted by Gasteiger charge is 2.20. The fourth-order valence-electron chi connectivity index (χ4n) is 0.806. The summed E-state index contributed by atoms with van der Waals surface area (Å²) < 4.78 is 39.0. The van der Waals surface area contributed by atoms with Crippen LogP contribution in [0, 0.1) is 5.39 Å². The van der Waals surface area contributed by atoms with Crippen LogP contribution >= 0.6 is 15.9 Å². The number of alkyl halides is 1. The van der Waals surface area contributed by atoms with E-state index >= 15 is 0 Å². The molecule has 0 saturated carbocycles. The number of diazo groups is 1. The first-order chi connectivity index (χ1) is 7.24. The highest BCUT2D eigenvalue weighted by molar-refractivity contribution is 9.09. The van der Waals surface area contributed by atoms with Crippen LogP contribution in [0.15, 0.2) is 24.3 Å². The molecule has 0 spiro atoms. The Hall–Kier alpha value is -1.10. The number of nitrogens with zero attached hydrogens (tertiary/aromatic N) is 2. The largest absolute Gasteiger partial charge is 0.673 e. The van der Waals surface area contributed by atoms with E-state index in [1.807, 2.05) is 19.1 Å². The number of benzene rings is 1. The quantitative estimate of drug-likeness (QED) is 0.313. The van der Waals surface area contributed by atoms with Crippen molar-refractivity contribution in [2.75, 3.05) is 0 Å². The molecular formula is C8H8BBrF4N2. The minimum atomic E-state index is -6.00. The van der Waals surface area contributed by atoms with E-state index in [1.54, 1.807) is 12.1 Å². The van der Waals surface area contributed by atoms with Crippen LogP contribution in [-0.2, 0) is 0 Å². The molecule has 0 bridgehead atoms. The molecule has 0 radical (unpaired) electrons. The van der Waals surface area contributed by atoms with Gasteiger partial charge in [-0.1, -0.05) is 15.9 Å². The number of hydrogen-bond donors (Lipinski definition) is 0. The van der Waals surface area contributed by atoms with E-state index in [4.69, 9.17) is 5.39 Å². The molecule has 1 unspecified atom stereocenters. The van der Waals surface area contributed by atoms with Gasteiger partial charge in [0.05, 0.1) is 0 Å². The molecule has 1 rings (SSSR count). The summed E-state index contributed by atoms with van der Waals surface area (Å²) in [4.78, 5) is 3.40. The van der Waals surface area contributed by atoms with Crippen molar-refractivity contribution in [2.45, 2.75) is 11.8 Å². The van der Waals surface area contributed by atoms with E-state index < -0.39 is 7.25 Å². The average Bonchev–Trinajstić information content (AvgIpc) is 2.15. The highest BCUT2D eigenvalue weighted by atomic mass is 79.9. The third-order valence-corrected chi connectivity index (χ3v) is 2.00. The van der Waals surface area contributed by atoms with Gasteiger partial charge in [0.1, 0.15) is 0 Å². The summed E-state index contributed by atoms with van der Waals surface area (Å²) in [6, 6.07) is 7.39. The fraction of sp³-hybridized carbons (Fsp3) is 0.250. The standard InChI is InChI=1S/C8H8BrN2.BF4/c1-6(9)7-2-4-8(11-10)5-3-7;2-1(3,4)5/h2-6H,1H3;/q+1;-1. The molecule has 0 aliphatic carbocycles. The van der Waals surface area contributed by atoms with Crippen molar-refractivity contribution in [3.8, 4) is 0 Å². The van der Waals surface area contributed by atoms with E-state index in [2.05, 4.69) is 20.9 Å². The van der Waals surface area contributed by atoms with E-state index in [0.717, 1.165) is 0 Å². The monoisotopic (exact) mass is 298 g/mol. The lowest BCUT2D eigenvalue weighted by Crippen LogP contribution is -2.02. The second-order valence-electron chi connectivity index (χ2n) is 2.80. The van der Waals surface area contributed by atoms with Crippen molar-refractivity contribution in [3.05, 3.63) is 34.8 Å². The Labute approximate surface area is 98.5 Å². The predicted molar refractivity (Wildman–Crippen MR) is 58.7 cm³/mol. The van der Waals surface area contributed by atoms with E-state index in [1.165, 1.54) is 5.56 Å². The Morgan fingerprint density at radius 2 is 1.56 bits per heavy atom. The first-order valence-electron chi connectivity index (χ1n) is 4.20. The summed E-state index contributed by atoms with van der Waals surface area (Å²) in [5.41, 5.74) is 1.76. The van der Waals surface area contributed by atoms with Crippen molar-refractivity contribution >= 4 is 28.9 Å². The molecular weight excluding hydrogens is 291 g/mol. The first kappa shape index (κ1) is 14.9. The van der Waals surface area contributed by atoms with Gasteiger partial charge in [0.15, 0.2) is 4.98 Å². The van der Waals surface area contributed by atoms with Crippen LogP contribution in [0.1, 0.15) is 17.3 Å². The Morgan fingerprint density at radius 1 is 1.19 bits per heavy atom. The Morgan fingerprint density at radius 3 is 1.81 bits per heavy atom. The lowest BCUT2D eigenvalue weighted by atomic mass is 10.2. The molecule has 88 valence electrons. The summed E-state index contributed by atoms with van der Waals surface area (Å²) in [5, 5.41) is 8.38. The van der Waals surface area contributed by atoms with Gasteiger partial charge in [-0.25, -0.2) is 0 Å². The van der Waals surface area contributed by atoms with Gasteiger partial charge >= 0.3 is 12.9 Å². The highest BCUT2D eigenvalue weighted by Crippen LogP contribution is 2.23. The Bertz CT molecular complexity index is 352. The van der Waals surface area contributed by atoms with E-state index in [9.17, 15) is 17.3 Å². The van der Waals surface area contributed by atoms with Gasteiger partial charge in [0, 0.05) is 17.0 Å². The van der Waals surface area contributed by atoms with Gasteiger partial charge in [-0.3, -0.25) is 0 Å². The maximum absolute atomic E-state index is 9.75. The second-order valence-corrected chi connectivity index (χ2v) is 4.18. The molecule has 8 heteroatoms. The minimum Gasteiger partial charge on any atom is -0.418 e. The van der Waals surface area contributed by atoms with Gasteiger partial charge in [0.25, 0.3) is 0 Å². The van der Waals surface area contributed by atoms with Crippen molar-refractivity contribution in [1.29, 1.82) is 5.39 Å². The first-order valence-corrected chi connectivity index (χ1v) is 5.12. The van der Waals surface area contributed by atoms with Crippen LogP contribution in [0.2, 0.25) is 0 Å². The normalized spacial score (nSPS) is 12.1. The van der Waals surface area contributed by atoms with Crippen LogP contribution in [0.4, 0.5) is 23.0 Å². The predicted octanol–water partition coefficient (Wildman–Crippen LogP) is 4.93. The van der Waals surface area contributed by atoms with E-state index in [0.29, 0.717) is 10.5 Å². The third kappa shape index (κ3) is 8.23. The molecule has 1 aromatic rings. The zero-order valence-electron chi connectivity index (χ0n) is 8.25. The van der Waals surface area contributed by atoms with Crippen LogP contribution in [0.3, 0.4) is 0 Å². The molecule has 16 heavy (non-hydrogen) atoms. The maximum atomic E-state index is 9.75. The molecule has 1 atom stereocenters. The lowest BCUT2D eigenvalue weighted by Gasteiger charge is -1.99. The molecule has 0 heterocycles. The topological polar surface area (TPSA) is 28.1 Å². The second kappa shape index (κ2) is 6.48. The number of rotatable bonds is 1. The molecule has 0 aromatic heterocycles. The van der Waals surface area contributed by atoms with Crippen molar-refractivity contribution in [3.63, 3.8) is 0 Å². The molecule has 0 fully saturated rings. The number of halogens is 5. The fourth-order valence-corrected chi connectivity index (χ4v) is 1.11. The Balaban J connectivity index is 0.000000385. The summed E-state index contributed by atoms with van der Waals surface area (Å²) in [7, 11) is -6.00. The minimum absolute atomic E-state index is 0.343. The van der Waals surface area contributed by atoms with Gasteiger partial charge in [-0.05, 0) is 24.6 Å². The van der Waals surface area contributed by atoms with Crippen LogP contribution in [0.5, 0.6) is 0 Å². The molecule has 0 saturated heterocycles. The molecule has 0 aliphatic heterocycles. The van der Waals surface area contributed by atoms with Crippen LogP contribution < -0.4 is 0 Å².